The maximum Gasteiger partial charge on any atom is 0.104 e. The second-order valence-electron chi connectivity index (χ2n) is 2.49. The molecule has 2 N–H and O–H groups in total. The molecule has 0 saturated heterocycles. The lowest BCUT2D eigenvalue weighted by Crippen LogP contribution is -2.77. The molecule has 0 spiro atoms. The number of nitrogens with two attached hydrogens (primary N) is 1. The minimum Gasteiger partial charge on any atom is -0.345 e. The first kappa shape index (κ1) is 7.28. The molecule has 0 atom stereocenters. The molecule has 0 amide bonds. The quantitative estimate of drug-likeness (QED) is 0.586. The van der Waals surface area contributed by atoms with Gasteiger partial charge in [-0.2, -0.15) is 5.10 Å². The van der Waals surface area contributed by atoms with E-state index >= 15 is 0 Å². The summed E-state index contributed by atoms with van der Waals surface area (Å²) in [6, 6.07) is 0. The van der Waals surface area contributed by atoms with Crippen molar-refractivity contribution >= 4 is 0 Å². The van der Waals surface area contributed by atoms with Crippen molar-refractivity contribution in [3.05, 3.63) is 17.5 Å². The van der Waals surface area contributed by atoms with Crippen LogP contribution in [-0.2, 0) is 13.6 Å². The van der Waals surface area contributed by atoms with Crippen LogP contribution in [0.3, 0.4) is 0 Å². The Morgan fingerprint density at radius 2 is 2.40 bits per heavy atom. The first-order valence-electron chi connectivity index (χ1n) is 3.51. The third kappa shape index (κ3) is 1.19. The van der Waals surface area contributed by atoms with E-state index < -0.39 is 0 Å². The highest BCUT2D eigenvalue weighted by Crippen LogP contribution is 2.01. The Kier molecular flexibility index (Phi) is 2.06. The lowest BCUT2D eigenvalue weighted by Gasteiger charge is -1.95. The van der Waals surface area contributed by atoms with E-state index in [1.807, 2.05) is 17.9 Å². The van der Waals surface area contributed by atoms with Crippen LogP contribution >= 0.6 is 0 Å². The molecule has 10 heavy (non-hydrogen) atoms. The molecule has 0 aliphatic heterocycles. The SMILES string of the molecule is C[NH2+]Cc1cnn(C)c1C. The fourth-order valence-electron chi connectivity index (χ4n) is 0.964. The van der Waals surface area contributed by atoms with E-state index in [0.29, 0.717) is 0 Å². The van der Waals surface area contributed by atoms with Gasteiger partial charge >= 0.3 is 0 Å². The normalized spacial score (nSPS) is 10.3. The van der Waals surface area contributed by atoms with Crippen molar-refractivity contribution in [2.45, 2.75) is 13.5 Å². The molecular weight excluding hydrogens is 126 g/mol. The smallest absolute Gasteiger partial charge is 0.104 e. The van der Waals surface area contributed by atoms with Gasteiger partial charge in [-0.1, -0.05) is 0 Å². The highest BCUT2D eigenvalue weighted by atomic mass is 15.3. The Morgan fingerprint density at radius 1 is 1.70 bits per heavy atom. The number of nitrogens with zero attached hydrogens (tertiary/aromatic N) is 2. The monoisotopic (exact) mass is 140 g/mol. The largest absolute Gasteiger partial charge is 0.345 e. The van der Waals surface area contributed by atoms with Crippen LogP contribution in [0.15, 0.2) is 6.20 Å². The first-order valence-corrected chi connectivity index (χ1v) is 3.51. The van der Waals surface area contributed by atoms with E-state index in [1.165, 1.54) is 11.3 Å². The number of quaternary nitrogens is 1. The van der Waals surface area contributed by atoms with E-state index in [2.05, 4.69) is 24.4 Å². The van der Waals surface area contributed by atoms with Crippen LogP contribution < -0.4 is 5.32 Å². The summed E-state index contributed by atoms with van der Waals surface area (Å²) in [6.07, 6.45) is 1.93. The predicted octanol–water partition coefficient (Wildman–Crippen LogP) is -0.578. The summed E-state index contributed by atoms with van der Waals surface area (Å²) >= 11 is 0. The Morgan fingerprint density at radius 3 is 2.80 bits per heavy atom. The van der Waals surface area contributed by atoms with Crippen molar-refractivity contribution in [2.24, 2.45) is 7.05 Å². The Hall–Kier alpha value is -0.830. The van der Waals surface area contributed by atoms with Gasteiger partial charge in [0.1, 0.15) is 6.54 Å². The van der Waals surface area contributed by atoms with Crippen molar-refractivity contribution in [3.8, 4) is 0 Å². The Balaban J connectivity index is 2.83. The lowest BCUT2D eigenvalue weighted by atomic mass is 10.3. The second kappa shape index (κ2) is 2.84. The summed E-state index contributed by atoms with van der Waals surface area (Å²) in [6.45, 7) is 3.12. The zero-order valence-electron chi connectivity index (χ0n) is 6.76. The molecule has 0 aromatic carbocycles. The Bertz CT molecular complexity index is 215. The van der Waals surface area contributed by atoms with E-state index in [9.17, 15) is 0 Å². The fraction of sp³-hybridized carbons (Fsp3) is 0.571. The Labute approximate surface area is 61.0 Å². The van der Waals surface area contributed by atoms with Gasteiger partial charge in [-0.25, -0.2) is 0 Å². The minimum atomic E-state index is 1.03. The van der Waals surface area contributed by atoms with Crippen LogP contribution in [0.5, 0.6) is 0 Å². The van der Waals surface area contributed by atoms with Gasteiger partial charge in [-0.3, -0.25) is 4.68 Å². The topological polar surface area (TPSA) is 34.4 Å². The molecular formula is C7H14N3+. The molecule has 0 unspecified atom stereocenters. The molecule has 1 rings (SSSR count). The average molecular weight is 140 g/mol. The summed E-state index contributed by atoms with van der Waals surface area (Å²) in [4.78, 5) is 0. The van der Waals surface area contributed by atoms with Crippen LogP contribution in [-0.4, -0.2) is 16.8 Å². The summed E-state index contributed by atoms with van der Waals surface area (Å²) in [5, 5.41) is 6.27. The molecule has 0 bridgehead atoms. The van der Waals surface area contributed by atoms with Gasteiger partial charge < -0.3 is 5.32 Å². The van der Waals surface area contributed by atoms with Crippen molar-refractivity contribution in [1.29, 1.82) is 0 Å². The highest BCUT2D eigenvalue weighted by molar-refractivity contribution is 5.13. The minimum absolute atomic E-state index is 1.03. The zero-order chi connectivity index (χ0) is 7.56. The third-order valence-electron chi connectivity index (χ3n) is 1.76. The average Bonchev–Trinajstić information content (AvgIpc) is 2.20. The van der Waals surface area contributed by atoms with E-state index in [1.54, 1.807) is 0 Å². The zero-order valence-corrected chi connectivity index (χ0v) is 6.76. The van der Waals surface area contributed by atoms with Gasteiger partial charge in [-0.15, -0.1) is 0 Å². The molecule has 1 heterocycles. The number of hydrogen-bond donors (Lipinski definition) is 1. The molecule has 0 saturated carbocycles. The van der Waals surface area contributed by atoms with Gasteiger partial charge in [0.2, 0.25) is 0 Å². The lowest BCUT2D eigenvalue weighted by molar-refractivity contribution is -0.643. The van der Waals surface area contributed by atoms with Crippen LogP contribution in [0.2, 0.25) is 0 Å². The van der Waals surface area contributed by atoms with Crippen LogP contribution in [0, 0.1) is 6.92 Å². The molecule has 0 fully saturated rings. The van der Waals surface area contributed by atoms with E-state index in [-0.39, 0.29) is 0 Å². The fourth-order valence-corrected chi connectivity index (χ4v) is 0.964. The van der Waals surface area contributed by atoms with Gasteiger partial charge in [0, 0.05) is 18.3 Å². The van der Waals surface area contributed by atoms with Crippen LogP contribution in [0.4, 0.5) is 0 Å². The highest BCUT2D eigenvalue weighted by Gasteiger charge is 2.02. The molecule has 3 nitrogen and oxygen atoms in total. The van der Waals surface area contributed by atoms with Crippen LogP contribution in [0.1, 0.15) is 11.3 Å². The standard InChI is InChI=1S/C7H13N3/c1-6-7(4-8-2)5-9-10(6)3/h5,8H,4H2,1-3H3/p+1. The summed E-state index contributed by atoms with van der Waals surface area (Å²) in [7, 11) is 4.03. The maximum absolute atomic E-state index is 4.13. The molecule has 3 heteroatoms. The van der Waals surface area contributed by atoms with Gasteiger partial charge in [-0.05, 0) is 6.92 Å². The summed E-state index contributed by atoms with van der Waals surface area (Å²) in [5.74, 6) is 0. The predicted molar refractivity (Wildman–Crippen MR) is 39.5 cm³/mol. The third-order valence-corrected chi connectivity index (χ3v) is 1.76. The number of aryl methyl sites for hydroxylation is 1. The maximum atomic E-state index is 4.13. The molecule has 1 aromatic rings. The second-order valence-corrected chi connectivity index (χ2v) is 2.49. The van der Waals surface area contributed by atoms with E-state index in [4.69, 9.17) is 0 Å². The summed E-state index contributed by atoms with van der Waals surface area (Å²) < 4.78 is 1.90. The summed E-state index contributed by atoms with van der Waals surface area (Å²) in [5.41, 5.74) is 2.59. The van der Waals surface area contributed by atoms with Crippen molar-refractivity contribution in [1.82, 2.24) is 9.78 Å². The molecule has 1 aromatic heterocycles. The molecule has 0 aliphatic carbocycles. The number of hydrogen-bond acceptors (Lipinski definition) is 1. The van der Waals surface area contributed by atoms with Crippen LogP contribution in [0.25, 0.3) is 0 Å². The van der Waals surface area contributed by atoms with E-state index in [0.717, 1.165) is 6.54 Å². The molecule has 56 valence electrons. The van der Waals surface area contributed by atoms with Gasteiger partial charge in [0.25, 0.3) is 0 Å². The number of aromatic nitrogens is 2. The molecule has 0 aliphatic rings. The van der Waals surface area contributed by atoms with Crippen molar-refractivity contribution in [2.75, 3.05) is 7.05 Å². The van der Waals surface area contributed by atoms with Crippen molar-refractivity contribution in [3.63, 3.8) is 0 Å². The number of rotatable bonds is 2. The van der Waals surface area contributed by atoms with Gasteiger partial charge in [0.05, 0.1) is 13.2 Å². The van der Waals surface area contributed by atoms with Gasteiger partial charge in [0.15, 0.2) is 0 Å². The molecule has 0 radical (unpaired) electrons. The van der Waals surface area contributed by atoms with Crippen molar-refractivity contribution < 1.29 is 5.32 Å². The first-order chi connectivity index (χ1) is 4.75.